The summed E-state index contributed by atoms with van der Waals surface area (Å²) < 4.78 is 31.3. The average Bonchev–Trinajstić information content (AvgIpc) is 3.07. The molecule has 0 spiro atoms. The van der Waals surface area contributed by atoms with Crippen molar-refractivity contribution >= 4 is 21.4 Å². The van der Waals surface area contributed by atoms with Gasteiger partial charge in [0.2, 0.25) is 10.0 Å². The minimum atomic E-state index is -3.41. The molecule has 0 aromatic carbocycles. The molecule has 0 aliphatic heterocycles. The molecule has 1 heterocycles. The number of likely N-dealkylation sites (N-methyl/N-ethyl adjacent to an activating group) is 1. The van der Waals surface area contributed by atoms with E-state index >= 15 is 0 Å². The lowest BCUT2D eigenvalue weighted by atomic mass is 10.5. The predicted molar refractivity (Wildman–Crippen MR) is 75.6 cm³/mol. The van der Waals surface area contributed by atoms with Gasteiger partial charge in [-0.3, -0.25) is 0 Å². The SMILES string of the molecule is CN(CCOCC1CC1)S(=O)(=O)c1csc(CN)c1. The summed E-state index contributed by atoms with van der Waals surface area (Å²) in [6.45, 7) is 1.95. The summed E-state index contributed by atoms with van der Waals surface area (Å²) in [6.07, 6.45) is 2.48. The fourth-order valence-corrected chi connectivity index (χ4v) is 3.93. The molecule has 1 aromatic heterocycles. The van der Waals surface area contributed by atoms with Crippen molar-refractivity contribution in [2.24, 2.45) is 11.7 Å². The van der Waals surface area contributed by atoms with E-state index in [9.17, 15) is 8.42 Å². The molecule has 0 radical (unpaired) electrons. The first-order chi connectivity index (χ1) is 9.04. The Bertz CT molecular complexity index is 509. The first kappa shape index (κ1) is 14.9. The Morgan fingerprint density at radius 3 is 2.84 bits per heavy atom. The van der Waals surface area contributed by atoms with Crippen molar-refractivity contribution in [1.29, 1.82) is 0 Å². The van der Waals surface area contributed by atoms with Gasteiger partial charge in [0, 0.05) is 37.0 Å². The maximum atomic E-state index is 12.2. The Kier molecular flexibility index (Phi) is 4.97. The summed E-state index contributed by atoms with van der Waals surface area (Å²) in [6, 6.07) is 1.64. The maximum Gasteiger partial charge on any atom is 0.243 e. The van der Waals surface area contributed by atoms with Crippen molar-refractivity contribution in [1.82, 2.24) is 4.31 Å². The van der Waals surface area contributed by atoms with Crippen molar-refractivity contribution < 1.29 is 13.2 Å². The third-order valence-corrected chi connectivity index (χ3v) is 6.08. The van der Waals surface area contributed by atoms with Crippen LogP contribution in [0.5, 0.6) is 0 Å². The molecule has 19 heavy (non-hydrogen) atoms. The Hall–Kier alpha value is -0.470. The molecule has 0 unspecified atom stereocenters. The number of sulfonamides is 1. The van der Waals surface area contributed by atoms with Crippen LogP contribution in [-0.2, 0) is 21.3 Å². The van der Waals surface area contributed by atoms with Crippen LogP contribution in [0.2, 0.25) is 0 Å². The van der Waals surface area contributed by atoms with Crippen molar-refractivity contribution in [2.75, 3.05) is 26.8 Å². The molecule has 0 saturated heterocycles. The van der Waals surface area contributed by atoms with Gasteiger partial charge in [0.25, 0.3) is 0 Å². The van der Waals surface area contributed by atoms with Gasteiger partial charge in [-0.25, -0.2) is 8.42 Å². The van der Waals surface area contributed by atoms with Crippen LogP contribution in [0.25, 0.3) is 0 Å². The largest absolute Gasteiger partial charge is 0.380 e. The topological polar surface area (TPSA) is 72.6 Å². The van der Waals surface area contributed by atoms with Gasteiger partial charge in [0.15, 0.2) is 0 Å². The Balaban J connectivity index is 1.86. The smallest absolute Gasteiger partial charge is 0.243 e. The van der Waals surface area contributed by atoms with E-state index in [2.05, 4.69) is 0 Å². The van der Waals surface area contributed by atoms with Crippen LogP contribution in [0.15, 0.2) is 16.3 Å². The molecule has 108 valence electrons. The van der Waals surface area contributed by atoms with Crippen molar-refractivity contribution in [3.63, 3.8) is 0 Å². The lowest BCUT2D eigenvalue weighted by Gasteiger charge is -2.16. The van der Waals surface area contributed by atoms with Gasteiger partial charge in [-0.05, 0) is 24.8 Å². The lowest BCUT2D eigenvalue weighted by molar-refractivity contribution is 0.117. The normalized spacial score (nSPS) is 16.2. The molecule has 7 heteroatoms. The van der Waals surface area contributed by atoms with Gasteiger partial charge >= 0.3 is 0 Å². The van der Waals surface area contributed by atoms with E-state index in [0.717, 1.165) is 11.5 Å². The van der Waals surface area contributed by atoms with E-state index in [1.54, 1.807) is 18.5 Å². The second kappa shape index (κ2) is 6.32. The highest BCUT2D eigenvalue weighted by Crippen LogP contribution is 2.28. The average molecular weight is 304 g/mol. The van der Waals surface area contributed by atoms with Gasteiger partial charge < -0.3 is 10.5 Å². The molecule has 1 saturated carbocycles. The summed E-state index contributed by atoms with van der Waals surface area (Å²) >= 11 is 1.37. The highest BCUT2D eigenvalue weighted by molar-refractivity contribution is 7.89. The molecular formula is C12H20N2O3S2. The van der Waals surface area contributed by atoms with Crippen LogP contribution < -0.4 is 5.73 Å². The molecule has 2 rings (SSSR count). The Labute approximate surface area is 118 Å². The Morgan fingerprint density at radius 1 is 1.53 bits per heavy atom. The zero-order chi connectivity index (χ0) is 13.9. The number of rotatable bonds is 8. The third kappa shape index (κ3) is 4.00. The van der Waals surface area contributed by atoms with E-state index in [4.69, 9.17) is 10.5 Å². The zero-order valence-corrected chi connectivity index (χ0v) is 12.7. The fraction of sp³-hybridized carbons (Fsp3) is 0.667. The van der Waals surface area contributed by atoms with E-state index in [-0.39, 0.29) is 0 Å². The monoisotopic (exact) mass is 304 g/mol. The van der Waals surface area contributed by atoms with E-state index in [1.807, 2.05) is 0 Å². The number of hydrogen-bond acceptors (Lipinski definition) is 5. The van der Waals surface area contributed by atoms with Crippen LogP contribution in [0.1, 0.15) is 17.7 Å². The molecule has 0 amide bonds. The quantitative estimate of drug-likeness (QED) is 0.734. The number of hydrogen-bond donors (Lipinski definition) is 1. The van der Waals surface area contributed by atoms with Crippen molar-refractivity contribution in [3.05, 3.63) is 16.3 Å². The standard InChI is InChI=1S/C12H20N2O3S2/c1-14(4-5-17-8-10-2-3-10)19(15,16)12-6-11(7-13)18-9-12/h6,9-10H,2-5,7-8,13H2,1H3. The highest BCUT2D eigenvalue weighted by atomic mass is 32.2. The fourth-order valence-electron chi connectivity index (χ4n) is 1.63. The van der Waals surface area contributed by atoms with Gasteiger partial charge in [-0.2, -0.15) is 4.31 Å². The van der Waals surface area contributed by atoms with E-state index in [1.165, 1.54) is 28.5 Å². The number of nitrogens with zero attached hydrogens (tertiary/aromatic N) is 1. The van der Waals surface area contributed by atoms with Crippen molar-refractivity contribution in [3.8, 4) is 0 Å². The van der Waals surface area contributed by atoms with E-state index < -0.39 is 10.0 Å². The predicted octanol–water partition coefficient (Wildman–Crippen LogP) is 1.25. The molecule has 1 aliphatic rings. The maximum absolute atomic E-state index is 12.2. The third-order valence-electron chi connectivity index (χ3n) is 3.14. The summed E-state index contributed by atoms with van der Waals surface area (Å²) in [7, 11) is -1.83. The molecule has 0 bridgehead atoms. The first-order valence-electron chi connectivity index (χ1n) is 6.35. The molecule has 1 aliphatic carbocycles. The minimum absolute atomic E-state index is 0.322. The molecule has 1 aromatic rings. The minimum Gasteiger partial charge on any atom is -0.380 e. The summed E-state index contributed by atoms with van der Waals surface area (Å²) in [5.74, 6) is 0.700. The second-order valence-electron chi connectivity index (χ2n) is 4.80. The molecular weight excluding hydrogens is 284 g/mol. The summed E-state index contributed by atoms with van der Waals surface area (Å²) in [5.41, 5.74) is 5.50. The van der Waals surface area contributed by atoms with Crippen LogP contribution >= 0.6 is 11.3 Å². The zero-order valence-electron chi connectivity index (χ0n) is 11.0. The van der Waals surface area contributed by atoms with Gasteiger partial charge in [0.1, 0.15) is 0 Å². The molecule has 0 atom stereocenters. The number of nitrogens with two attached hydrogens (primary N) is 1. The molecule has 1 fully saturated rings. The molecule has 2 N–H and O–H groups in total. The number of ether oxygens (including phenoxy) is 1. The first-order valence-corrected chi connectivity index (χ1v) is 8.67. The van der Waals surface area contributed by atoms with Crippen molar-refractivity contribution in [2.45, 2.75) is 24.3 Å². The van der Waals surface area contributed by atoms with Gasteiger partial charge in [0.05, 0.1) is 11.5 Å². The highest BCUT2D eigenvalue weighted by Gasteiger charge is 2.23. The molecule has 5 nitrogen and oxygen atoms in total. The van der Waals surface area contributed by atoms with Gasteiger partial charge in [-0.15, -0.1) is 11.3 Å². The lowest BCUT2D eigenvalue weighted by Crippen LogP contribution is -2.30. The van der Waals surface area contributed by atoms with E-state index in [0.29, 0.717) is 30.5 Å². The van der Waals surface area contributed by atoms with Gasteiger partial charge in [-0.1, -0.05) is 0 Å². The van der Waals surface area contributed by atoms with Crippen LogP contribution in [-0.4, -0.2) is 39.5 Å². The summed E-state index contributed by atoms with van der Waals surface area (Å²) in [5, 5.41) is 1.64. The van der Waals surface area contributed by atoms with Crippen LogP contribution in [0.3, 0.4) is 0 Å². The van der Waals surface area contributed by atoms with Crippen LogP contribution in [0, 0.1) is 5.92 Å². The second-order valence-corrected chi connectivity index (χ2v) is 7.84. The van der Waals surface area contributed by atoms with Crippen LogP contribution in [0.4, 0.5) is 0 Å². The summed E-state index contributed by atoms with van der Waals surface area (Å²) in [4.78, 5) is 1.19. The Morgan fingerprint density at radius 2 is 2.26 bits per heavy atom. The number of thiophene rings is 1.